The van der Waals surface area contributed by atoms with Crippen molar-refractivity contribution in [2.75, 3.05) is 6.54 Å². The van der Waals surface area contributed by atoms with Crippen LogP contribution in [-0.2, 0) is 4.79 Å². The lowest BCUT2D eigenvalue weighted by Crippen LogP contribution is -2.25. The fourth-order valence-corrected chi connectivity index (χ4v) is 1.05. The van der Waals surface area contributed by atoms with Crippen LogP contribution in [0.15, 0.2) is 0 Å². The Morgan fingerprint density at radius 3 is 2.50 bits per heavy atom. The lowest BCUT2D eigenvalue weighted by Gasteiger charge is -2.05. The number of carbonyl (C=O) groups excluding carboxylic acids is 1. The van der Waals surface area contributed by atoms with Crippen molar-refractivity contribution in [1.82, 2.24) is 5.32 Å². The van der Waals surface area contributed by atoms with Gasteiger partial charge in [-0.25, -0.2) is 0 Å². The Balaban J connectivity index is 3.20. The second-order valence-corrected chi connectivity index (χ2v) is 3.66. The van der Waals surface area contributed by atoms with E-state index in [-0.39, 0.29) is 5.91 Å². The molecule has 2 heteroatoms. The van der Waals surface area contributed by atoms with Gasteiger partial charge < -0.3 is 5.32 Å². The van der Waals surface area contributed by atoms with Crippen LogP contribution in [0.25, 0.3) is 0 Å². The van der Waals surface area contributed by atoms with E-state index in [2.05, 4.69) is 26.1 Å². The van der Waals surface area contributed by atoms with E-state index in [1.54, 1.807) is 0 Å². The number of unbranched alkanes of at least 4 members (excludes halogenated alkanes) is 2. The zero-order valence-electron chi connectivity index (χ0n) is 8.52. The standard InChI is InChI=1S/C10H21NO/c1-4-5-6-7-11-10(12)8-9(2)3/h9H,4-8H2,1-3H3,(H,11,12). The molecule has 0 spiro atoms. The van der Waals surface area contributed by atoms with E-state index in [0.717, 1.165) is 13.0 Å². The van der Waals surface area contributed by atoms with Crippen molar-refractivity contribution >= 4 is 5.91 Å². The molecule has 0 aromatic heterocycles. The van der Waals surface area contributed by atoms with Gasteiger partial charge in [0.05, 0.1) is 0 Å². The Morgan fingerprint density at radius 1 is 1.33 bits per heavy atom. The molecule has 0 unspecified atom stereocenters. The fraction of sp³-hybridized carbons (Fsp3) is 0.900. The van der Waals surface area contributed by atoms with E-state index in [1.165, 1.54) is 12.8 Å². The molecule has 0 aromatic rings. The number of hydrogen-bond donors (Lipinski definition) is 1. The van der Waals surface area contributed by atoms with Gasteiger partial charge >= 0.3 is 0 Å². The highest BCUT2D eigenvalue weighted by Gasteiger charge is 2.02. The number of carbonyl (C=O) groups is 1. The van der Waals surface area contributed by atoms with Gasteiger partial charge in [-0.05, 0) is 12.3 Å². The predicted molar refractivity (Wildman–Crippen MR) is 52.0 cm³/mol. The molecule has 0 aliphatic heterocycles. The maximum absolute atomic E-state index is 11.1. The third-order valence-corrected chi connectivity index (χ3v) is 1.70. The van der Waals surface area contributed by atoms with Crippen molar-refractivity contribution in [3.8, 4) is 0 Å². The van der Waals surface area contributed by atoms with Crippen LogP contribution in [0, 0.1) is 5.92 Å². The molecule has 12 heavy (non-hydrogen) atoms. The van der Waals surface area contributed by atoms with E-state index in [1.807, 2.05) is 0 Å². The first-order valence-corrected chi connectivity index (χ1v) is 4.93. The molecule has 0 rings (SSSR count). The first kappa shape index (κ1) is 11.5. The molecule has 0 aliphatic rings. The molecule has 0 atom stereocenters. The first-order valence-electron chi connectivity index (χ1n) is 4.93. The topological polar surface area (TPSA) is 29.1 Å². The van der Waals surface area contributed by atoms with Gasteiger partial charge in [0.1, 0.15) is 0 Å². The van der Waals surface area contributed by atoms with E-state index < -0.39 is 0 Å². The summed E-state index contributed by atoms with van der Waals surface area (Å²) in [5.41, 5.74) is 0. The number of nitrogens with one attached hydrogen (secondary N) is 1. The zero-order chi connectivity index (χ0) is 9.40. The van der Waals surface area contributed by atoms with Gasteiger partial charge in [-0.15, -0.1) is 0 Å². The molecule has 1 amide bonds. The van der Waals surface area contributed by atoms with Crippen LogP contribution in [0.1, 0.15) is 46.5 Å². The number of hydrogen-bond acceptors (Lipinski definition) is 1. The van der Waals surface area contributed by atoms with Crippen LogP contribution in [0.3, 0.4) is 0 Å². The van der Waals surface area contributed by atoms with Gasteiger partial charge in [-0.1, -0.05) is 33.6 Å². The average Bonchev–Trinajstić information content (AvgIpc) is 1.97. The van der Waals surface area contributed by atoms with Gasteiger partial charge in [0.15, 0.2) is 0 Å². The van der Waals surface area contributed by atoms with E-state index in [9.17, 15) is 4.79 Å². The quantitative estimate of drug-likeness (QED) is 0.611. The van der Waals surface area contributed by atoms with E-state index in [4.69, 9.17) is 0 Å². The van der Waals surface area contributed by atoms with E-state index >= 15 is 0 Å². The Hall–Kier alpha value is -0.530. The van der Waals surface area contributed by atoms with Crippen LogP contribution in [0.5, 0.6) is 0 Å². The summed E-state index contributed by atoms with van der Waals surface area (Å²) in [5.74, 6) is 0.664. The number of rotatable bonds is 6. The first-order chi connectivity index (χ1) is 5.66. The van der Waals surface area contributed by atoms with Crippen molar-refractivity contribution in [3.63, 3.8) is 0 Å². The predicted octanol–water partition coefficient (Wildman–Crippen LogP) is 2.34. The lowest BCUT2D eigenvalue weighted by atomic mass is 10.1. The highest BCUT2D eigenvalue weighted by molar-refractivity contribution is 5.75. The minimum absolute atomic E-state index is 0.195. The van der Waals surface area contributed by atoms with Crippen LogP contribution in [0.4, 0.5) is 0 Å². The summed E-state index contributed by atoms with van der Waals surface area (Å²) in [7, 11) is 0. The average molecular weight is 171 g/mol. The van der Waals surface area contributed by atoms with Crippen molar-refractivity contribution in [1.29, 1.82) is 0 Å². The molecule has 0 radical (unpaired) electrons. The van der Waals surface area contributed by atoms with Crippen molar-refractivity contribution in [2.45, 2.75) is 46.5 Å². The summed E-state index contributed by atoms with van der Waals surface area (Å²) in [6.07, 6.45) is 4.19. The maximum Gasteiger partial charge on any atom is 0.220 e. The minimum atomic E-state index is 0.195. The molecule has 0 saturated heterocycles. The third kappa shape index (κ3) is 7.58. The number of amides is 1. The van der Waals surface area contributed by atoms with E-state index in [0.29, 0.717) is 12.3 Å². The molecule has 0 aliphatic carbocycles. The molecular weight excluding hydrogens is 150 g/mol. The van der Waals surface area contributed by atoms with Gasteiger partial charge in [-0.2, -0.15) is 0 Å². The summed E-state index contributed by atoms with van der Waals surface area (Å²) in [6.45, 7) is 7.13. The SMILES string of the molecule is CCCCCNC(=O)CC(C)C. The highest BCUT2D eigenvalue weighted by atomic mass is 16.1. The second-order valence-electron chi connectivity index (χ2n) is 3.66. The Labute approximate surface area is 75.7 Å². The normalized spacial score (nSPS) is 10.3. The van der Waals surface area contributed by atoms with Crippen molar-refractivity contribution in [2.24, 2.45) is 5.92 Å². The van der Waals surface area contributed by atoms with Gasteiger partial charge in [0.25, 0.3) is 0 Å². The molecule has 0 fully saturated rings. The summed E-state index contributed by atoms with van der Waals surface area (Å²) >= 11 is 0. The zero-order valence-corrected chi connectivity index (χ0v) is 8.52. The van der Waals surface area contributed by atoms with Crippen LogP contribution >= 0.6 is 0 Å². The van der Waals surface area contributed by atoms with Crippen LogP contribution in [0.2, 0.25) is 0 Å². The van der Waals surface area contributed by atoms with Gasteiger partial charge in [-0.3, -0.25) is 4.79 Å². The smallest absolute Gasteiger partial charge is 0.220 e. The van der Waals surface area contributed by atoms with Gasteiger partial charge in [0, 0.05) is 13.0 Å². The molecule has 72 valence electrons. The molecular formula is C10H21NO. The molecule has 2 nitrogen and oxygen atoms in total. The Kier molecular flexibility index (Phi) is 6.82. The van der Waals surface area contributed by atoms with Crippen molar-refractivity contribution in [3.05, 3.63) is 0 Å². The highest BCUT2D eigenvalue weighted by Crippen LogP contribution is 1.98. The molecule has 1 N–H and O–H groups in total. The second kappa shape index (κ2) is 7.14. The fourth-order valence-electron chi connectivity index (χ4n) is 1.05. The monoisotopic (exact) mass is 171 g/mol. The van der Waals surface area contributed by atoms with Crippen molar-refractivity contribution < 1.29 is 4.79 Å². The molecule has 0 saturated carbocycles. The summed E-state index contributed by atoms with van der Waals surface area (Å²) in [5, 5.41) is 2.91. The molecule has 0 bridgehead atoms. The summed E-state index contributed by atoms with van der Waals surface area (Å²) in [4.78, 5) is 11.1. The summed E-state index contributed by atoms with van der Waals surface area (Å²) in [6, 6.07) is 0. The molecule has 0 aromatic carbocycles. The molecule has 0 heterocycles. The third-order valence-electron chi connectivity index (χ3n) is 1.70. The van der Waals surface area contributed by atoms with Crippen LogP contribution in [-0.4, -0.2) is 12.5 Å². The largest absolute Gasteiger partial charge is 0.356 e. The maximum atomic E-state index is 11.1. The Morgan fingerprint density at radius 2 is 2.00 bits per heavy atom. The lowest BCUT2D eigenvalue weighted by molar-refractivity contribution is -0.121. The summed E-state index contributed by atoms with van der Waals surface area (Å²) < 4.78 is 0. The van der Waals surface area contributed by atoms with Crippen LogP contribution < -0.4 is 5.32 Å². The minimum Gasteiger partial charge on any atom is -0.356 e. The van der Waals surface area contributed by atoms with Gasteiger partial charge in [0.2, 0.25) is 5.91 Å². The Bertz CT molecular complexity index is 121.